The van der Waals surface area contributed by atoms with Crippen LogP contribution >= 0.6 is 35.3 Å². The zero-order valence-electron chi connectivity index (χ0n) is 14.7. The minimum absolute atomic E-state index is 0. The smallest absolute Gasteiger partial charge is 0.191 e. The Morgan fingerprint density at radius 2 is 1.96 bits per heavy atom. The summed E-state index contributed by atoms with van der Waals surface area (Å²) in [6, 6.07) is 6.45. The molecule has 4 nitrogen and oxygen atoms in total. The van der Waals surface area contributed by atoms with Crippen molar-refractivity contribution in [2.75, 3.05) is 13.1 Å². The van der Waals surface area contributed by atoms with Crippen molar-refractivity contribution in [1.82, 2.24) is 15.6 Å². The van der Waals surface area contributed by atoms with Crippen LogP contribution in [0.15, 0.2) is 34.6 Å². The van der Waals surface area contributed by atoms with Crippen LogP contribution in [0.2, 0.25) is 0 Å². The summed E-state index contributed by atoms with van der Waals surface area (Å²) in [7, 11) is 0. The van der Waals surface area contributed by atoms with Gasteiger partial charge >= 0.3 is 0 Å². The number of thiazole rings is 1. The van der Waals surface area contributed by atoms with E-state index in [9.17, 15) is 4.39 Å². The number of aliphatic imine (C=N–C) groups is 1. The van der Waals surface area contributed by atoms with Gasteiger partial charge in [0, 0.05) is 24.2 Å². The van der Waals surface area contributed by atoms with Crippen molar-refractivity contribution in [3.05, 3.63) is 51.7 Å². The first kappa shape index (κ1) is 21.8. The molecule has 0 bridgehead atoms. The molecule has 1 heterocycles. The number of halogens is 2. The summed E-state index contributed by atoms with van der Waals surface area (Å²) >= 11 is 1.73. The van der Waals surface area contributed by atoms with E-state index in [0.29, 0.717) is 6.54 Å². The first-order valence-corrected chi connectivity index (χ1v) is 9.23. The minimum Gasteiger partial charge on any atom is -0.357 e. The maximum Gasteiger partial charge on any atom is 0.191 e. The van der Waals surface area contributed by atoms with Crippen LogP contribution in [0, 0.1) is 12.7 Å². The number of hydrogen-bond acceptors (Lipinski definition) is 3. The van der Waals surface area contributed by atoms with Gasteiger partial charge < -0.3 is 10.6 Å². The molecule has 0 atom stereocenters. The summed E-state index contributed by atoms with van der Waals surface area (Å²) in [5, 5.41) is 9.88. The minimum atomic E-state index is -0.219. The molecule has 25 heavy (non-hydrogen) atoms. The third kappa shape index (κ3) is 8.62. The van der Waals surface area contributed by atoms with Gasteiger partial charge in [0.25, 0.3) is 0 Å². The quantitative estimate of drug-likeness (QED) is 0.259. The van der Waals surface area contributed by atoms with Gasteiger partial charge in [-0.15, -0.1) is 35.3 Å². The third-order valence-electron chi connectivity index (χ3n) is 3.45. The number of guanidine groups is 1. The number of aromatic nitrogens is 1. The average molecular weight is 476 g/mol. The average Bonchev–Trinajstić information content (AvgIpc) is 2.99. The van der Waals surface area contributed by atoms with Crippen LogP contribution in [0.25, 0.3) is 0 Å². The van der Waals surface area contributed by atoms with Gasteiger partial charge in [-0.1, -0.05) is 12.1 Å². The predicted molar refractivity (Wildman–Crippen MR) is 114 cm³/mol. The van der Waals surface area contributed by atoms with Gasteiger partial charge in [-0.2, -0.15) is 0 Å². The van der Waals surface area contributed by atoms with Crippen LogP contribution < -0.4 is 10.6 Å². The first-order valence-electron chi connectivity index (χ1n) is 8.35. The Kier molecular flexibility index (Phi) is 10.6. The highest BCUT2D eigenvalue weighted by atomic mass is 127. The number of aryl methyl sites for hydroxylation is 2. The molecule has 2 rings (SSSR count). The topological polar surface area (TPSA) is 49.3 Å². The lowest BCUT2D eigenvalue weighted by atomic mass is 10.2. The molecule has 1 aromatic carbocycles. The second kappa shape index (κ2) is 12.2. The Hall–Kier alpha value is -1.22. The summed E-state index contributed by atoms with van der Waals surface area (Å²) in [4.78, 5) is 9.01. The molecule has 0 aliphatic heterocycles. The molecule has 7 heteroatoms. The van der Waals surface area contributed by atoms with E-state index in [1.807, 2.05) is 13.8 Å². The van der Waals surface area contributed by atoms with Gasteiger partial charge in [0.1, 0.15) is 5.82 Å². The predicted octanol–water partition coefficient (Wildman–Crippen LogP) is 4.29. The van der Waals surface area contributed by atoms with E-state index >= 15 is 0 Å². The van der Waals surface area contributed by atoms with Crippen LogP contribution in [0.3, 0.4) is 0 Å². The molecular formula is C18H26FIN4S. The zero-order chi connectivity index (χ0) is 17.2. The highest BCUT2D eigenvalue weighted by molar-refractivity contribution is 14.0. The first-order chi connectivity index (χ1) is 11.7. The van der Waals surface area contributed by atoms with Crippen molar-refractivity contribution in [2.24, 2.45) is 4.99 Å². The fraction of sp³-hybridized carbons (Fsp3) is 0.444. The Labute approximate surface area is 170 Å². The fourth-order valence-electron chi connectivity index (χ4n) is 2.23. The molecule has 0 radical (unpaired) electrons. The highest BCUT2D eigenvalue weighted by Gasteiger charge is 2.00. The Morgan fingerprint density at radius 3 is 2.60 bits per heavy atom. The Bertz CT molecular complexity index is 643. The molecule has 0 unspecified atom stereocenters. The lowest BCUT2D eigenvalue weighted by molar-refractivity contribution is 0.627. The van der Waals surface area contributed by atoms with Crippen molar-refractivity contribution in [3.8, 4) is 0 Å². The van der Waals surface area contributed by atoms with Gasteiger partial charge in [0.2, 0.25) is 0 Å². The van der Waals surface area contributed by atoms with Crippen LogP contribution in [0.1, 0.15) is 36.0 Å². The highest BCUT2D eigenvalue weighted by Crippen LogP contribution is 2.11. The molecule has 2 aromatic rings. The van der Waals surface area contributed by atoms with Crippen molar-refractivity contribution >= 4 is 41.3 Å². The van der Waals surface area contributed by atoms with Gasteiger partial charge in [0.05, 0.1) is 11.6 Å². The van der Waals surface area contributed by atoms with E-state index < -0.39 is 0 Å². The number of rotatable bonds is 8. The lowest BCUT2D eigenvalue weighted by Gasteiger charge is -2.11. The summed E-state index contributed by atoms with van der Waals surface area (Å²) in [5.41, 5.74) is 2.10. The zero-order valence-corrected chi connectivity index (χ0v) is 17.9. The maximum absolute atomic E-state index is 12.9. The normalized spacial score (nSPS) is 11.1. The summed E-state index contributed by atoms with van der Waals surface area (Å²) in [6.45, 7) is 6.29. The summed E-state index contributed by atoms with van der Waals surface area (Å²) < 4.78 is 12.9. The molecule has 138 valence electrons. The van der Waals surface area contributed by atoms with E-state index in [4.69, 9.17) is 0 Å². The molecule has 0 saturated carbocycles. The molecule has 0 amide bonds. The van der Waals surface area contributed by atoms with E-state index in [2.05, 4.69) is 26.0 Å². The molecule has 1 aromatic heterocycles. The molecule has 0 aliphatic rings. The van der Waals surface area contributed by atoms with Gasteiger partial charge in [-0.05, 0) is 50.8 Å². The van der Waals surface area contributed by atoms with Gasteiger partial charge in [-0.3, -0.25) is 0 Å². The SMILES string of the molecule is CCNC(=NCc1ccc(F)cc1)NCCCCc1nc(C)cs1.I. The van der Waals surface area contributed by atoms with Crippen molar-refractivity contribution in [1.29, 1.82) is 0 Å². The van der Waals surface area contributed by atoms with Crippen molar-refractivity contribution < 1.29 is 4.39 Å². The van der Waals surface area contributed by atoms with Crippen LogP contribution in [-0.2, 0) is 13.0 Å². The number of hydrogen-bond donors (Lipinski definition) is 2. The van der Waals surface area contributed by atoms with Crippen molar-refractivity contribution in [2.45, 2.75) is 39.7 Å². The van der Waals surface area contributed by atoms with Crippen LogP contribution in [-0.4, -0.2) is 24.0 Å². The number of unbranched alkanes of at least 4 members (excludes halogenated alkanes) is 1. The molecule has 0 aliphatic carbocycles. The van der Waals surface area contributed by atoms with E-state index in [-0.39, 0.29) is 29.8 Å². The van der Waals surface area contributed by atoms with Crippen molar-refractivity contribution in [3.63, 3.8) is 0 Å². The number of nitrogens with zero attached hydrogens (tertiary/aromatic N) is 2. The fourth-order valence-corrected chi connectivity index (χ4v) is 3.05. The largest absolute Gasteiger partial charge is 0.357 e. The van der Waals surface area contributed by atoms with Crippen LogP contribution in [0.4, 0.5) is 4.39 Å². The summed E-state index contributed by atoms with van der Waals surface area (Å²) in [5.74, 6) is 0.579. The molecule has 0 spiro atoms. The van der Waals surface area contributed by atoms with Crippen LogP contribution in [0.5, 0.6) is 0 Å². The molecule has 2 N–H and O–H groups in total. The second-order valence-corrected chi connectivity index (χ2v) is 6.53. The van der Waals surface area contributed by atoms with Gasteiger partial charge in [0.15, 0.2) is 5.96 Å². The number of nitrogens with one attached hydrogen (secondary N) is 2. The molecule has 0 saturated heterocycles. The number of benzene rings is 1. The van der Waals surface area contributed by atoms with E-state index in [1.165, 1.54) is 17.1 Å². The summed E-state index contributed by atoms with van der Waals surface area (Å²) in [6.07, 6.45) is 3.21. The lowest BCUT2D eigenvalue weighted by Crippen LogP contribution is -2.37. The molecule has 0 fully saturated rings. The van der Waals surface area contributed by atoms with E-state index in [0.717, 1.165) is 49.6 Å². The third-order valence-corrected chi connectivity index (χ3v) is 4.48. The van der Waals surface area contributed by atoms with E-state index in [1.54, 1.807) is 23.5 Å². The van der Waals surface area contributed by atoms with Gasteiger partial charge in [-0.25, -0.2) is 14.4 Å². The molecular weight excluding hydrogens is 450 g/mol. The Balaban J connectivity index is 0.00000312. The maximum atomic E-state index is 12.9. The Morgan fingerprint density at radius 1 is 1.20 bits per heavy atom. The second-order valence-electron chi connectivity index (χ2n) is 5.59. The monoisotopic (exact) mass is 476 g/mol. The standard InChI is InChI=1S/C18H25FN4S.HI/c1-3-20-18(22-12-15-7-9-16(19)10-8-15)21-11-5-4-6-17-23-14(2)13-24-17;/h7-10,13H,3-6,11-12H2,1-2H3,(H2,20,21,22);1H.